The van der Waals surface area contributed by atoms with E-state index in [4.69, 9.17) is 4.74 Å². The van der Waals surface area contributed by atoms with Crippen LogP contribution in [-0.4, -0.2) is 54.8 Å². The van der Waals surface area contributed by atoms with Gasteiger partial charge in [-0.2, -0.15) is 13.2 Å². The van der Waals surface area contributed by atoms with Crippen LogP contribution in [0.5, 0.6) is 0 Å². The van der Waals surface area contributed by atoms with Gasteiger partial charge in [0.25, 0.3) is 0 Å². The predicted molar refractivity (Wildman–Crippen MR) is 83.0 cm³/mol. The lowest BCUT2D eigenvalue weighted by molar-refractivity contribution is -0.141. The molecule has 0 spiro atoms. The molecular formula is C13H19ClF3N5O2. The van der Waals surface area contributed by atoms with Gasteiger partial charge in [-0.3, -0.25) is 4.79 Å². The van der Waals surface area contributed by atoms with Crippen molar-refractivity contribution < 1.29 is 22.7 Å². The average Bonchev–Trinajstić information content (AvgIpc) is 2.52. The van der Waals surface area contributed by atoms with E-state index in [2.05, 4.69) is 25.9 Å². The first kappa shape index (κ1) is 20.4. The number of carbonyl (C=O) groups is 1. The Balaban J connectivity index is 0.00000288. The molecule has 2 heterocycles. The van der Waals surface area contributed by atoms with E-state index in [1.165, 1.54) is 0 Å². The molecule has 0 aromatic carbocycles. The molecule has 3 N–H and O–H groups in total. The van der Waals surface area contributed by atoms with Gasteiger partial charge in [0.2, 0.25) is 11.9 Å². The van der Waals surface area contributed by atoms with Crippen LogP contribution in [0.1, 0.15) is 12.1 Å². The van der Waals surface area contributed by atoms with E-state index in [1.807, 2.05) is 0 Å². The molecule has 24 heavy (non-hydrogen) atoms. The van der Waals surface area contributed by atoms with Crippen LogP contribution in [0.4, 0.5) is 19.1 Å². The van der Waals surface area contributed by atoms with E-state index in [-0.39, 0.29) is 43.4 Å². The van der Waals surface area contributed by atoms with Crippen molar-refractivity contribution in [2.24, 2.45) is 0 Å². The fourth-order valence-electron chi connectivity index (χ4n) is 2.02. The third-order valence-corrected chi connectivity index (χ3v) is 3.11. The minimum atomic E-state index is -4.51. The molecule has 1 saturated heterocycles. The average molecular weight is 370 g/mol. The maximum absolute atomic E-state index is 12.5. The monoisotopic (exact) mass is 369 g/mol. The smallest absolute Gasteiger partial charge is 0.378 e. The van der Waals surface area contributed by atoms with E-state index < -0.39 is 11.9 Å². The molecule has 1 aromatic heterocycles. The van der Waals surface area contributed by atoms with Crippen molar-refractivity contribution in [1.29, 1.82) is 0 Å². The van der Waals surface area contributed by atoms with Crippen molar-refractivity contribution >= 4 is 24.3 Å². The summed E-state index contributed by atoms with van der Waals surface area (Å²) in [7, 11) is 0. The first-order valence-electron chi connectivity index (χ1n) is 7.17. The maximum Gasteiger partial charge on any atom is 0.433 e. The lowest BCUT2D eigenvalue weighted by Crippen LogP contribution is -2.44. The number of rotatable bonds is 6. The Hall–Kier alpha value is -1.65. The molecule has 0 bridgehead atoms. The highest BCUT2D eigenvalue weighted by molar-refractivity contribution is 5.85. The number of nitrogens with zero attached hydrogens (tertiary/aromatic N) is 2. The van der Waals surface area contributed by atoms with Gasteiger partial charge >= 0.3 is 6.18 Å². The normalized spacial score (nSPS) is 17.7. The summed E-state index contributed by atoms with van der Waals surface area (Å²) >= 11 is 0. The number of alkyl halides is 3. The molecule has 7 nitrogen and oxygen atoms in total. The van der Waals surface area contributed by atoms with Crippen molar-refractivity contribution in [2.75, 3.05) is 38.2 Å². The molecule has 1 unspecified atom stereocenters. The molecule has 11 heteroatoms. The topological polar surface area (TPSA) is 88.2 Å². The molecule has 0 radical (unpaired) electrons. The van der Waals surface area contributed by atoms with Gasteiger partial charge in [0.1, 0.15) is 5.69 Å². The van der Waals surface area contributed by atoms with Crippen LogP contribution >= 0.6 is 12.4 Å². The molecule has 1 aromatic rings. The minimum absolute atomic E-state index is 0. The highest BCUT2D eigenvalue weighted by Gasteiger charge is 2.32. The van der Waals surface area contributed by atoms with Gasteiger partial charge in [-0.25, -0.2) is 9.97 Å². The summed E-state index contributed by atoms with van der Waals surface area (Å²) in [6.07, 6.45) is -3.19. The number of hydrogen-bond acceptors (Lipinski definition) is 6. The highest BCUT2D eigenvalue weighted by Crippen LogP contribution is 2.27. The van der Waals surface area contributed by atoms with E-state index in [9.17, 15) is 18.0 Å². The quantitative estimate of drug-likeness (QED) is 0.644. The summed E-state index contributed by atoms with van der Waals surface area (Å²) in [5, 5.41) is 8.47. The second kappa shape index (κ2) is 9.60. The first-order chi connectivity index (χ1) is 10.9. The SMILES string of the molecule is Cl.O=C(CC1COCCN1)NCCNc1nccc(C(F)(F)F)n1. The standard InChI is InChI=1S/C13H18F3N5O2.ClH/c14-13(15,16)10-1-2-19-12(21-10)20-4-3-18-11(22)7-9-8-23-6-5-17-9;/h1-2,9,17H,3-8H2,(H,18,22)(H,19,20,21);1H. The van der Waals surface area contributed by atoms with E-state index in [1.54, 1.807) is 0 Å². The van der Waals surface area contributed by atoms with Crippen molar-refractivity contribution in [3.05, 3.63) is 18.0 Å². The van der Waals surface area contributed by atoms with Crippen LogP contribution in [0.2, 0.25) is 0 Å². The molecule has 1 fully saturated rings. The van der Waals surface area contributed by atoms with Gasteiger partial charge in [0.15, 0.2) is 0 Å². The van der Waals surface area contributed by atoms with Gasteiger partial charge < -0.3 is 20.7 Å². The lowest BCUT2D eigenvalue weighted by Gasteiger charge is -2.23. The van der Waals surface area contributed by atoms with Crippen molar-refractivity contribution in [2.45, 2.75) is 18.6 Å². The van der Waals surface area contributed by atoms with Gasteiger partial charge in [-0.1, -0.05) is 0 Å². The van der Waals surface area contributed by atoms with Gasteiger partial charge in [0.05, 0.1) is 13.2 Å². The van der Waals surface area contributed by atoms with Gasteiger partial charge in [-0.15, -0.1) is 12.4 Å². The summed E-state index contributed by atoms with van der Waals surface area (Å²) in [5.41, 5.74) is -1.01. The van der Waals surface area contributed by atoms with Crippen LogP contribution in [0, 0.1) is 0 Å². The van der Waals surface area contributed by atoms with Crippen molar-refractivity contribution in [1.82, 2.24) is 20.6 Å². The molecule has 0 saturated carbocycles. The molecule has 2 rings (SSSR count). The number of ether oxygens (including phenoxy) is 1. The van der Waals surface area contributed by atoms with Crippen LogP contribution in [0.25, 0.3) is 0 Å². The van der Waals surface area contributed by atoms with Crippen LogP contribution < -0.4 is 16.0 Å². The van der Waals surface area contributed by atoms with E-state index >= 15 is 0 Å². The molecule has 1 atom stereocenters. The Bertz CT molecular complexity index is 527. The Morgan fingerprint density at radius 2 is 2.21 bits per heavy atom. The summed E-state index contributed by atoms with van der Waals surface area (Å²) in [6, 6.07) is 0.787. The number of nitrogens with one attached hydrogen (secondary N) is 3. The second-order valence-corrected chi connectivity index (χ2v) is 4.97. The Morgan fingerprint density at radius 1 is 1.42 bits per heavy atom. The Kier molecular flexibility index (Phi) is 8.16. The predicted octanol–water partition coefficient (Wildman–Crippen LogP) is 0.824. The summed E-state index contributed by atoms with van der Waals surface area (Å²) in [4.78, 5) is 18.8. The third kappa shape index (κ3) is 6.85. The van der Waals surface area contributed by atoms with E-state index in [0.717, 1.165) is 12.3 Å². The molecule has 1 amide bonds. The fourth-order valence-corrected chi connectivity index (χ4v) is 2.02. The second-order valence-electron chi connectivity index (χ2n) is 4.97. The summed E-state index contributed by atoms with van der Waals surface area (Å²) < 4.78 is 42.7. The number of amides is 1. The summed E-state index contributed by atoms with van der Waals surface area (Å²) in [5.74, 6) is -0.281. The number of morpholine rings is 1. The maximum atomic E-state index is 12.5. The number of carbonyl (C=O) groups excluding carboxylic acids is 1. The minimum Gasteiger partial charge on any atom is -0.378 e. The molecule has 136 valence electrons. The molecule has 1 aliphatic heterocycles. The Morgan fingerprint density at radius 3 is 2.88 bits per heavy atom. The zero-order chi connectivity index (χ0) is 16.7. The van der Waals surface area contributed by atoms with Gasteiger partial charge in [0, 0.05) is 38.3 Å². The molecule has 0 aliphatic carbocycles. The lowest BCUT2D eigenvalue weighted by atomic mass is 10.2. The van der Waals surface area contributed by atoms with Crippen LogP contribution in [-0.2, 0) is 15.7 Å². The van der Waals surface area contributed by atoms with Crippen molar-refractivity contribution in [3.63, 3.8) is 0 Å². The number of hydrogen-bond donors (Lipinski definition) is 3. The largest absolute Gasteiger partial charge is 0.433 e. The van der Waals surface area contributed by atoms with Crippen LogP contribution in [0.15, 0.2) is 12.3 Å². The molecule has 1 aliphatic rings. The highest BCUT2D eigenvalue weighted by atomic mass is 35.5. The fraction of sp³-hybridized carbons (Fsp3) is 0.615. The van der Waals surface area contributed by atoms with Crippen LogP contribution in [0.3, 0.4) is 0 Å². The van der Waals surface area contributed by atoms with Gasteiger partial charge in [-0.05, 0) is 6.07 Å². The first-order valence-corrected chi connectivity index (χ1v) is 7.17. The van der Waals surface area contributed by atoms with E-state index in [0.29, 0.717) is 26.2 Å². The number of aromatic nitrogens is 2. The zero-order valence-electron chi connectivity index (χ0n) is 12.7. The number of anilines is 1. The zero-order valence-corrected chi connectivity index (χ0v) is 13.5. The molecular weight excluding hydrogens is 351 g/mol. The Labute approximate surface area is 143 Å². The van der Waals surface area contributed by atoms with Crippen molar-refractivity contribution in [3.8, 4) is 0 Å². The third-order valence-electron chi connectivity index (χ3n) is 3.11. The summed E-state index contributed by atoms with van der Waals surface area (Å²) in [6.45, 7) is 2.32. The number of halogens is 4.